The molecule has 3 aromatic rings. The van der Waals surface area contributed by atoms with Gasteiger partial charge < -0.3 is 19.9 Å². The van der Waals surface area contributed by atoms with Crippen molar-refractivity contribution >= 4 is 28.2 Å². The molecule has 0 atom stereocenters. The van der Waals surface area contributed by atoms with Crippen molar-refractivity contribution in [3.05, 3.63) is 75.3 Å². The maximum Gasteiger partial charge on any atom is 0.253 e. The summed E-state index contributed by atoms with van der Waals surface area (Å²) in [6.45, 7) is 6.44. The van der Waals surface area contributed by atoms with Crippen molar-refractivity contribution in [3.8, 4) is 0 Å². The van der Waals surface area contributed by atoms with Crippen molar-refractivity contribution in [3.63, 3.8) is 0 Å². The lowest BCUT2D eigenvalue weighted by Crippen LogP contribution is -2.40. The molecule has 0 radical (unpaired) electrons. The van der Waals surface area contributed by atoms with Crippen molar-refractivity contribution in [2.24, 2.45) is 0 Å². The monoisotopic (exact) mass is 424 g/mol. The molecule has 0 aliphatic carbocycles. The number of benzene rings is 1. The van der Waals surface area contributed by atoms with E-state index in [1.165, 1.54) is 0 Å². The van der Waals surface area contributed by atoms with Crippen LogP contribution in [0.15, 0.2) is 47.5 Å². The van der Waals surface area contributed by atoms with Crippen LogP contribution in [0.25, 0.3) is 10.9 Å². The van der Waals surface area contributed by atoms with Crippen molar-refractivity contribution < 1.29 is 4.74 Å². The number of ether oxygens (including phenoxy) is 1. The number of H-pyrrole nitrogens is 1. The molecule has 158 valence electrons. The van der Waals surface area contributed by atoms with Gasteiger partial charge in [-0.2, -0.15) is 0 Å². The third-order valence-electron chi connectivity index (χ3n) is 4.94. The van der Waals surface area contributed by atoms with Gasteiger partial charge in [0, 0.05) is 55.7 Å². The number of hydrogen-bond donors (Lipinski definition) is 2. The molecular weight excluding hydrogens is 396 g/mol. The first-order valence-corrected chi connectivity index (χ1v) is 10.4. The topological polar surface area (TPSA) is 70.2 Å². The van der Waals surface area contributed by atoms with E-state index in [4.69, 9.17) is 17.0 Å². The maximum absolute atomic E-state index is 12.8. The molecule has 0 amide bonds. The summed E-state index contributed by atoms with van der Waals surface area (Å²) in [6, 6.07) is 10.0. The first kappa shape index (κ1) is 21.9. The molecule has 1 aromatic carbocycles. The number of aryl methyl sites for hydroxylation is 2. The minimum absolute atomic E-state index is 0.0918. The molecule has 2 N–H and O–H groups in total. The fourth-order valence-corrected chi connectivity index (χ4v) is 3.71. The first-order valence-electron chi connectivity index (χ1n) is 10.0. The van der Waals surface area contributed by atoms with Gasteiger partial charge in [-0.15, -0.1) is 0 Å². The highest BCUT2D eigenvalue weighted by molar-refractivity contribution is 7.80. The molecule has 0 fully saturated rings. The lowest BCUT2D eigenvalue weighted by Gasteiger charge is -2.26. The van der Waals surface area contributed by atoms with Crippen LogP contribution >= 0.6 is 12.2 Å². The van der Waals surface area contributed by atoms with E-state index in [0.29, 0.717) is 36.9 Å². The van der Waals surface area contributed by atoms with Gasteiger partial charge in [0.15, 0.2) is 5.11 Å². The predicted molar refractivity (Wildman–Crippen MR) is 125 cm³/mol. The summed E-state index contributed by atoms with van der Waals surface area (Å²) in [6.07, 6.45) is 4.42. The van der Waals surface area contributed by atoms with E-state index >= 15 is 0 Å². The number of nitrogens with one attached hydrogen (secondary N) is 2. The summed E-state index contributed by atoms with van der Waals surface area (Å²) in [5.41, 5.74) is 4.75. The van der Waals surface area contributed by atoms with E-state index in [2.05, 4.69) is 28.3 Å². The normalized spacial score (nSPS) is 10.9. The largest absolute Gasteiger partial charge is 0.385 e. The van der Waals surface area contributed by atoms with E-state index in [-0.39, 0.29) is 5.56 Å². The van der Waals surface area contributed by atoms with Crippen LogP contribution in [-0.2, 0) is 17.8 Å². The predicted octanol–water partition coefficient (Wildman–Crippen LogP) is 3.45. The van der Waals surface area contributed by atoms with Gasteiger partial charge in [-0.1, -0.05) is 12.1 Å². The van der Waals surface area contributed by atoms with Crippen LogP contribution in [-0.4, -0.2) is 40.2 Å². The van der Waals surface area contributed by atoms with Crippen LogP contribution in [0, 0.1) is 13.8 Å². The van der Waals surface area contributed by atoms with Gasteiger partial charge in [0.2, 0.25) is 0 Å². The number of methoxy groups -OCH3 is 1. The van der Waals surface area contributed by atoms with Gasteiger partial charge in [-0.25, -0.2) is 0 Å². The summed E-state index contributed by atoms with van der Waals surface area (Å²) in [4.78, 5) is 22.0. The van der Waals surface area contributed by atoms with Crippen LogP contribution in [0.5, 0.6) is 0 Å². The molecular formula is C23H28N4O2S. The van der Waals surface area contributed by atoms with Crippen LogP contribution < -0.4 is 10.9 Å². The van der Waals surface area contributed by atoms with E-state index in [0.717, 1.165) is 34.0 Å². The highest BCUT2D eigenvalue weighted by Gasteiger charge is 2.15. The lowest BCUT2D eigenvalue weighted by atomic mass is 10.0. The Morgan fingerprint density at radius 1 is 1.27 bits per heavy atom. The Hall–Kier alpha value is -2.77. The maximum atomic E-state index is 12.8. The molecule has 3 rings (SSSR count). The van der Waals surface area contributed by atoms with Crippen LogP contribution in [0.3, 0.4) is 0 Å². The Kier molecular flexibility index (Phi) is 7.54. The average Bonchev–Trinajstić information content (AvgIpc) is 2.72. The van der Waals surface area contributed by atoms with E-state index < -0.39 is 0 Å². The summed E-state index contributed by atoms with van der Waals surface area (Å²) in [5.74, 6) is 0. The minimum atomic E-state index is -0.0918. The van der Waals surface area contributed by atoms with Gasteiger partial charge in [-0.05, 0) is 67.4 Å². The van der Waals surface area contributed by atoms with Gasteiger partial charge >= 0.3 is 0 Å². The van der Waals surface area contributed by atoms with Gasteiger partial charge in [0.1, 0.15) is 0 Å². The Labute approximate surface area is 182 Å². The summed E-state index contributed by atoms with van der Waals surface area (Å²) in [7, 11) is 1.68. The second-order valence-corrected chi connectivity index (χ2v) is 7.85. The zero-order valence-electron chi connectivity index (χ0n) is 17.7. The van der Waals surface area contributed by atoms with Crippen molar-refractivity contribution in [2.45, 2.75) is 33.4 Å². The third kappa shape index (κ3) is 5.64. The van der Waals surface area contributed by atoms with E-state index in [1.54, 1.807) is 13.3 Å². The molecule has 6 nitrogen and oxygen atoms in total. The summed E-state index contributed by atoms with van der Waals surface area (Å²) >= 11 is 5.65. The Morgan fingerprint density at radius 3 is 2.83 bits per heavy atom. The number of aromatic nitrogens is 2. The Balaban J connectivity index is 1.87. The molecule has 30 heavy (non-hydrogen) atoms. The second kappa shape index (κ2) is 10.3. The third-order valence-corrected chi connectivity index (χ3v) is 5.34. The molecule has 0 aliphatic heterocycles. The number of nitrogens with zero attached hydrogens (tertiary/aromatic N) is 2. The molecule has 0 saturated carbocycles. The molecule has 2 heterocycles. The van der Waals surface area contributed by atoms with Crippen molar-refractivity contribution in [1.82, 2.24) is 20.2 Å². The zero-order chi connectivity index (χ0) is 21.5. The van der Waals surface area contributed by atoms with Gasteiger partial charge in [0.05, 0.1) is 6.54 Å². The quantitative estimate of drug-likeness (QED) is 0.426. The number of aromatic amines is 1. The minimum Gasteiger partial charge on any atom is -0.385 e. The number of fused-ring (bicyclic) bond motifs is 1. The van der Waals surface area contributed by atoms with Crippen molar-refractivity contribution in [2.75, 3.05) is 20.3 Å². The summed E-state index contributed by atoms with van der Waals surface area (Å²) in [5, 5.41) is 4.94. The van der Waals surface area contributed by atoms with Gasteiger partial charge in [-0.3, -0.25) is 9.78 Å². The first-order chi connectivity index (χ1) is 14.5. The number of hydrogen-bond acceptors (Lipinski definition) is 4. The average molecular weight is 425 g/mol. The fraction of sp³-hybridized carbons (Fsp3) is 0.348. The van der Waals surface area contributed by atoms with Crippen LogP contribution in [0.4, 0.5) is 0 Å². The Morgan fingerprint density at radius 2 is 2.10 bits per heavy atom. The zero-order valence-corrected chi connectivity index (χ0v) is 18.5. The molecule has 2 aromatic heterocycles. The van der Waals surface area contributed by atoms with E-state index in [9.17, 15) is 4.79 Å². The smallest absolute Gasteiger partial charge is 0.253 e. The fourth-order valence-electron chi connectivity index (χ4n) is 3.47. The standard InChI is InChI=1S/C23H28N4O2S/c1-16-10-17(2)20-12-19(22(28)26-21(20)11-16)15-27(14-18-6-4-7-24-13-18)23(30)25-8-5-9-29-3/h4,6-7,10-13H,5,8-9,14-15H2,1-3H3,(H,25,30)(H,26,28). The molecule has 0 unspecified atom stereocenters. The highest BCUT2D eigenvalue weighted by Crippen LogP contribution is 2.19. The van der Waals surface area contributed by atoms with Crippen LogP contribution in [0.2, 0.25) is 0 Å². The number of rotatable bonds is 8. The second-order valence-electron chi connectivity index (χ2n) is 7.46. The highest BCUT2D eigenvalue weighted by atomic mass is 32.1. The molecule has 0 aliphatic rings. The molecule has 0 spiro atoms. The van der Waals surface area contributed by atoms with E-state index in [1.807, 2.05) is 42.3 Å². The molecule has 7 heteroatoms. The Bertz CT molecular complexity index is 1070. The lowest BCUT2D eigenvalue weighted by molar-refractivity contribution is 0.195. The van der Waals surface area contributed by atoms with Gasteiger partial charge in [0.25, 0.3) is 5.56 Å². The number of thiocarbonyl (C=S) groups is 1. The molecule has 0 saturated heterocycles. The molecule has 0 bridgehead atoms. The van der Waals surface area contributed by atoms with Crippen LogP contribution in [0.1, 0.15) is 28.7 Å². The SMILES string of the molecule is COCCCNC(=S)N(Cc1cccnc1)Cc1cc2c(C)cc(C)cc2[nH]c1=O. The summed E-state index contributed by atoms with van der Waals surface area (Å²) < 4.78 is 5.10. The number of pyridine rings is 2. The van der Waals surface area contributed by atoms with Crippen molar-refractivity contribution in [1.29, 1.82) is 0 Å².